The van der Waals surface area contributed by atoms with E-state index in [1.807, 2.05) is 12.1 Å². The number of hydrogen-bond donors (Lipinski definition) is 2. The van der Waals surface area contributed by atoms with Gasteiger partial charge < -0.3 is 10.1 Å². The molecule has 23 heavy (non-hydrogen) atoms. The summed E-state index contributed by atoms with van der Waals surface area (Å²) in [5, 5.41) is 6.36. The van der Waals surface area contributed by atoms with E-state index in [0.717, 1.165) is 30.2 Å². The van der Waals surface area contributed by atoms with Gasteiger partial charge in [0.2, 0.25) is 0 Å². The van der Waals surface area contributed by atoms with Gasteiger partial charge in [-0.15, -0.1) is 0 Å². The second-order valence-electron chi connectivity index (χ2n) is 5.75. The predicted octanol–water partition coefficient (Wildman–Crippen LogP) is 4.17. The molecule has 1 aliphatic rings. The summed E-state index contributed by atoms with van der Waals surface area (Å²) in [5.41, 5.74) is 0.492. The molecule has 1 aliphatic carbocycles. The maximum atomic E-state index is 12.5. The summed E-state index contributed by atoms with van der Waals surface area (Å²) in [6, 6.07) is 5.81. The first-order valence-corrected chi connectivity index (χ1v) is 9.34. The Kier molecular flexibility index (Phi) is 7.30. The Morgan fingerprint density at radius 3 is 2.83 bits per heavy atom. The van der Waals surface area contributed by atoms with Crippen LogP contribution in [-0.4, -0.2) is 23.7 Å². The summed E-state index contributed by atoms with van der Waals surface area (Å²) in [4.78, 5) is 12.5. The van der Waals surface area contributed by atoms with Crippen molar-refractivity contribution in [1.82, 2.24) is 10.6 Å². The molecule has 0 spiro atoms. The van der Waals surface area contributed by atoms with Gasteiger partial charge >= 0.3 is 0 Å². The maximum Gasteiger partial charge on any atom is 0.261 e. The molecular weight excluding hydrogens is 376 g/mol. The summed E-state index contributed by atoms with van der Waals surface area (Å²) in [7, 11) is 0. The molecule has 2 N–H and O–H groups in total. The normalized spacial score (nSPS) is 14.5. The van der Waals surface area contributed by atoms with Gasteiger partial charge in [0.15, 0.2) is 5.11 Å². The van der Waals surface area contributed by atoms with E-state index in [2.05, 4.69) is 33.5 Å². The van der Waals surface area contributed by atoms with Crippen LogP contribution < -0.4 is 15.4 Å². The fourth-order valence-electron chi connectivity index (χ4n) is 2.59. The topological polar surface area (TPSA) is 50.4 Å². The van der Waals surface area contributed by atoms with Crippen molar-refractivity contribution in [1.29, 1.82) is 0 Å². The highest BCUT2D eigenvalue weighted by Gasteiger charge is 2.18. The van der Waals surface area contributed by atoms with Gasteiger partial charge in [0, 0.05) is 10.5 Å². The minimum Gasteiger partial charge on any atom is -0.493 e. The van der Waals surface area contributed by atoms with Crippen LogP contribution in [0.2, 0.25) is 0 Å². The Morgan fingerprint density at radius 1 is 1.39 bits per heavy atom. The lowest BCUT2D eigenvalue weighted by Gasteiger charge is -2.16. The summed E-state index contributed by atoms with van der Waals surface area (Å²) in [6.07, 6.45) is 6.66. The van der Waals surface area contributed by atoms with Gasteiger partial charge in [-0.05, 0) is 49.7 Å². The quantitative estimate of drug-likeness (QED) is 0.557. The van der Waals surface area contributed by atoms with Crippen molar-refractivity contribution in [2.24, 2.45) is 0 Å². The van der Waals surface area contributed by atoms with Gasteiger partial charge in [0.05, 0.1) is 12.2 Å². The smallest absolute Gasteiger partial charge is 0.261 e. The third kappa shape index (κ3) is 5.77. The number of carbonyl (C=O) groups is 1. The Labute approximate surface area is 151 Å². The molecule has 0 bridgehead atoms. The molecule has 1 fully saturated rings. The van der Waals surface area contributed by atoms with Crippen molar-refractivity contribution < 1.29 is 9.53 Å². The van der Waals surface area contributed by atoms with Crippen LogP contribution in [0.1, 0.15) is 55.8 Å². The molecule has 0 heterocycles. The maximum absolute atomic E-state index is 12.5. The van der Waals surface area contributed by atoms with Crippen LogP contribution in [-0.2, 0) is 0 Å². The molecule has 0 atom stereocenters. The number of hydrogen-bond acceptors (Lipinski definition) is 3. The third-order valence-corrected chi connectivity index (χ3v) is 4.57. The van der Waals surface area contributed by atoms with Crippen molar-refractivity contribution in [3.05, 3.63) is 28.2 Å². The first-order valence-electron chi connectivity index (χ1n) is 8.14. The number of halogens is 1. The number of carbonyl (C=O) groups excluding carboxylic acids is 1. The number of rotatable bonds is 6. The van der Waals surface area contributed by atoms with Crippen LogP contribution in [0.15, 0.2) is 22.7 Å². The number of amides is 1. The SMILES string of the molecule is CCCCOc1ccc(Br)cc1C(=O)NC(=S)NC1CCCC1. The van der Waals surface area contributed by atoms with Crippen molar-refractivity contribution >= 4 is 39.2 Å². The van der Waals surface area contributed by atoms with E-state index < -0.39 is 0 Å². The van der Waals surface area contributed by atoms with Crippen molar-refractivity contribution in [3.8, 4) is 5.75 Å². The van der Waals surface area contributed by atoms with E-state index in [1.165, 1.54) is 12.8 Å². The minimum atomic E-state index is -0.242. The van der Waals surface area contributed by atoms with E-state index >= 15 is 0 Å². The van der Waals surface area contributed by atoms with Crippen molar-refractivity contribution in [3.63, 3.8) is 0 Å². The molecule has 1 amide bonds. The third-order valence-electron chi connectivity index (χ3n) is 3.86. The summed E-state index contributed by atoms with van der Waals surface area (Å²) in [5.74, 6) is 0.344. The average Bonchev–Trinajstić information content (AvgIpc) is 3.01. The van der Waals surface area contributed by atoms with Gasteiger partial charge in [0.25, 0.3) is 5.91 Å². The Bertz CT molecular complexity index is 560. The zero-order valence-electron chi connectivity index (χ0n) is 13.4. The number of nitrogens with one attached hydrogen (secondary N) is 2. The number of ether oxygens (including phenoxy) is 1. The van der Waals surface area contributed by atoms with E-state index in [-0.39, 0.29) is 5.91 Å². The lowest BCUT2D eigenvalue weighted by Crippen LogP contribution is -2.43. The van der Waals surface area contributed by atoms with Crippen molar-refractivity contribution in [2.45, 2.75) is 51.5 Å². The van der Waals surface area contributed by atoms with Crippen LogP contribution in [0.5, 0.6) is 5.75 Å². The molecule has 4 nitrogen and oxygen atoms in total. The van der Waals surface area contributed by atoms with Gasteiger partial charge in [-0.2, -0.15) is 0 Å². The Morgan fingerprint density at radius 2 is 2.13 bits per heavy atom. The lowest BCUT2D eigenvalue weighted by atomic mass is 10.2. The van der Waals surface area contributed by atoms with Gasteiger partial charge in [-0.3, -0.25) is 10.1 Å². The molecule has 1 aromatic rings. The van der Waals surface area contributed by atoms with Gasteiger partial charge in [-0.1, -0.05) is 42.1 Å². The number of thiocarbonyl (C=S) groups is 1. The molecule has 6 heteroatoms. The number of benzene rings is 1. The zero-order valence-corrected chi connectivity index (χ0v) is 15.8. The van der Waals surface area contributed by atoms with Gasteiger partial charge in [0.1, 0.15) is 5.75 Å². The highest BCUT2D eigenvalue weighted by atomic mass is 79.9. The van der Waals surface area contributed by atoms with E-state index in [1.54, 1.807) is 6.07 Å². The van der Waals surface area contributed by atoms with Crippen LogP contribution in [0, 0.1) is 0 Å². The molecule has 0 radical (unpaired) electrons. The van der Waals surface area contributed by atoms with E-state index in [4.69, 9.17) is 17.0 Å². The molecule has 126 valence electrons. The second-order valence-corrected chi connectivity index (χ2v) is 7.08. The monoisotopic (exact) mass is 398 g/mol. The van der Waals surface area contributed by atoms with E-state index in [9.17, 15) is 4.79 Å². The Hall–Kier alpha value is -1.14. The first kappa shape index (κ1) is 18.2. The first-order chi connectivity index (χ1) is 11.1. The molecule has 2 rings (SSSR count). The Balaban J connectivity index is 1.98. The fourth-order valence-corrected chi connectivity index (χ4v) is 3.21. The fraction of sp³-hybridized carbons (Fsp3) is 0.529. The molecular formula is C17H23BrN2O2S. The second kappa shape index (κ2) is 9.23. The average molecular weight is 399 g/mol. The highest BCUT2D eigenvalue weighted by Crippen LogP contribution is 2.23. The summed E-state index contributed by atoms with van der Waals surface area (Å²) >= 11 is 8.65. The largest absolute Gasteiger partial charge is 0.493 e. The minimum absolute atomic E-state index is 0.242. The van der Waals surface area contributed by atoms with Gasteiger partial charge in [-0.25, -0.2) is 0 Å². The molecule has 0 aromatic heterocycles. The summed E-state index contributed by atoms with van der Waals surface area (Å²) in [6.45, 7) is 2.70. The summed E-state index contributed by atoms with van der Waals surface area (Å²) < 4.78 is 6.56. The van der Waals surface area contributed by atoms with Crippen molar-refractivity contribution in [2.75, 3.05) is 6.61 Å². The number of unbranched alkanes of at least 4 members (excludes halogenated alkanes) is 1. The van der Waals surface area contributed by atoms with Crippen LogP contribution in [0.3, 0.4) is 0 Å². The van der Waals surface area contributed by atoms with Crippen LogP contribution >= 0.6 is 28.1 Å². The molecule has 0 saturated heterocycles. The predicted molar refractivity (Wildman–Crippen MR) is 100 cm³/mol. The lowest BCUT2D eigenvalue weighted by molar-refractivity contribution is 0.0972. The standard InChI is InChI=1S/C17H23BrN2O2S/c1-2-3-10-22-15-9-8-12(18)11-14(15)16(21)20-17(23)19-13-6-4-5-7-13/h8-9,11,13H,2-7,10H2,1H3,(H2,19,20,21,23). The van der Waals surface area contributed by atoms with E-state index in [0.29, 0.717) is 29.1 Å². The zero-order chi connectivity index (χ0) is 16.7. The molecule has 0 aliphatic heterocycles. The molecule has 1 aromatic carbocycles. The molecule has 1 saturated carbocycles. The van der Waals surface area contributed by atoms with Crippen LogP contribution in [0.25, 0.3) is 0 Å². The van der Waals surface area contributed by atoms with Crippen LogP contribution in [0.4, 0.5) is 0 Å². The molecule has 0 unspecified atom stereocenters. The highest BCUT2D eigenvalue weighted by molar-refractivity contribution is 9.10.